The van der Waals surface area contributed by atoms with Crippen molar-refractivity contribution in [2.24, 2.45) is 5.92 Å². The van der Waals surface area contributed by atoms with Crippen LogP contribution in [0.1, 0.15) is 78.7 Å². The van der Waals surface area contributed by atoms with Crippen molar-refractivity contribution in [2.45, 2.75) is 83.6 Å². The fraction of sp³-hybridized carbons (Fsp3) is 0.571. The van der Waals surface area contributed by atoms with Gasteiger partial charge >= 0.3 is 0 Å². The number of piperidine rings is 1. The van der Waals surface area contributed by atoms with Gasteiger partial charge in [-0.15, -0.1) is 0 Å². The molecule has 1 aliphatic carbocycles. The van der Waals surface area contributed by atoms with Crippen molar-refractivity contribution < 1.29 is 17.7 Å². The number of aromatic nitrogens is 1. The van der Waals surface area contributed by atoms with Gasteiger partial charge in [-0.3, -0.25) is 4.79 Å². The van der Waals surface area contributed by atoms with E-state index in [1.165, 1.54) is 16.3 Å². The predicted molar refractivity (Wildman–Crippen MR) is 142 cm³/mol. The van der Waals surface area contributed by atoms with Gasteiger partial charge in [0.25, 0.3) is 0 Å². The molecule has 0 radical (unpaired) electrons. The number of hydrogen-bond acceptors (Lipinski definition) is 5. The minimum absolute atomic E-state index is 0.0641. The molecule has 4 rings (SSSR count). The molecule has 1 aliphatic heterocycles. The molecular formula is C28H39N3O4S. The number of nitrogens with zero attached hydrogens (tertiary/aromatic N) is 3. The van der Waals surface area contributed by atoms with E-state index in [2.05, 4.69) is 24.2 Å². The number of sulfonamides is 1. The van der Waals surface area contributed by atoms with E-state index in [-0.39, 0.29) is 35.1 Å². The average Bonchev–Trinajstić information content (AvgIpc) is 3.24. The molecular weight excluding hydrogens is 474 g/mol. The summed E-state index contributed by atoms with van der Waals surface area (Å²) in [5, 5.41) is 3.99. The molecule has 1 unspecified atom stereocenters. The number of carbonyl (C=O) groups is 1. The first-order chi connectivity index (χ1) is 17.1. The van der Waals surface area contributed by atoms with Crippen molar-refractivity contribution in [1.29, 1.82) is 0 Å². The van der Waals surface area contributed by atoms with E-state index in [1.54, 1.807) is 13.0 Å². The average molecular weight is 514 g/mol. The molecule has 2 aromatic rings. The Morgan fingerprint density at radius 3 is 2.36 bits per heavy atom. The molecule has 7 nitrogen and oxygen atoms in total. The van der Waals surface area contributed by atoms with Crippen molar-refractivity contribution in [1.82, 2.24) is 14.4 Å². The minimum atomic E-state index is -3.87. The molecule has 0 spiro atoms. The van der Waals surface area contributed by atoms with E-state index in [1.807, 2.05) is 31.9 Å². The maximum absolute atomic E-state index is 13.8. The standard InChI is InChI=1S/C28H39N3O4S/c1-19-16-20(2)25(21(3)17-19)13-14-26-27(22(4)29-35-26)36(33,34)31-15-9-10-23(18-31)28(32)30(5)24-11-7-6-8-12-24/h13-14,16-17,23-24H,6-12,15,18H2,1-5H3/b14-13+. The molecule has 2 aliphatic rings. The van der Waals surface area contributed by atoms with Crippen molar-refractivity contribution in [3.05, 3.63) is 45.8 Å². The lowest BCUT2D eigenvalue weighted by Crippen LogP contribution is -2.48. The maximum Gasteiger partial charge on any atom is 0.248 e. The monoisotopic (exact) mass is 513 g/mol. The highest BCUT2D eigenvalue weighted by Crippen LogP contribution is 2.31. The van der Waals surface area contributed by atoms with E-state index < -0.39 is 10.0 Å². The molecule has 8 heteroatoms. The van der Waals surface area contributed by atoms with Crippen LogP contribution in [0.5, 0.6) is 0 Å². The van der Waals surface area contributed by atoms with Crippen LogP contribution in [0.2, 0.25) is 0 Å². The van der Waals surface area contributed by atoms with Crippen LogP contribution < -0.4 is 0 Å². The Hall–Kier alpha value is -2.45. The van der Waals surface area contributed by atoms with E-state index in [9.17, 15) is 13.2 Å². The summed E-state index contributed by atoms with van der Waals surface area (Å²) in [6, 6.07) is 4.47. The second-order valence-electron chi connectivity index (χ2n) is 10.6. The summed E-state index contributed by atoms with van der Waals surface area (Å²) in [6.45, 7) is 8.38. The third kappa shape index (κ3) is 5.44. The largest absolute Gasteiger partial charge is 0.355 e. The van der Waals surface area contributed by atoms with Gasteiger partial charge in [0.15, 0.2) is 10.7 Å². The Labute approximate surface area is 215 Å². The molecule has 0 N–H and O–H groups in total. The molecule has 0 bridgehead atoms. The van der Waals surface area contributed by atoms with Crippen LogP contribution in [0.4, 0.5) is 0 Å². The van der Waals surface area contributed by atoms with E-state index in [0.717, 1.165) is 42.4 Å². The quantitative estimate of drug-likeness (QED) is 0.525. The highest BCUT2D eigenvalue weighted by molar-refractivity contribution is 7.89. The van der Waals surface area contributed by atoms with Crippen LogP contribution in [0.25, 0.3) is 12.2 Å². The fourth-order valence-corrected chi connectivity index (χ4v) is 7.61. The van der Waals surface area contributed by atoms with Crippen LogP contribution in [0, 0.1) is 33.6 Å². The Morgan fingerprint density at radius 1 is 1.03 bits per heavy atom. The Bertz CT molecular complexity index is 1220. The lowest BCUT2D eigenvalue weighted by molar-refractivity contribution is -0.138. The van der Waals surface area contributed by atoms with Crippen molar-refractivity contribution in [3.63, 3.8) is 0 Å². The molecule has 2 fully saturated rings. The first-order valence-electron chi connectivity index (χ1n) is 13.1. The first kappa shape index (κ1) is 26.6. The molecule has 36 heavy (non-hydrogen) atoms. The first-order valence-corrected chi connectivity index (χ1v) is 14.5. The number of hydrogen-bond donors (Lipinski definition) is 0. The summed E-state index contributed by atoms with van der Waals surface area (Å²) in [5.74, 6) is -0.0357. The maximum atomic E-state index is 13.8. The summed E-state index contributed by atoms with van der Waals surface area (Å²) < 4.78 is 34.5. The SMILES string of the molecule is Cc1cc(C)c(/C=C/c2onc(C)c2S(=O)(=O)N2CCCC(C(=O)N(C)C3CCCCC3)C2)c(C)c1. The van der Waals surface area contributed by atoms with Gasteiger partial charge in [-0.1, -0.05) is 48.2 Å². The van der Waals surface area contributed by atoms with Crippen LogP contribution in [0.15, 0.2) is 21.6 Å². The fourth-order valence-electron chi connectivity index (χ4n) is 5.84. The van der Waals surface area contributed by atoms with Gasteiger partial charge in [-0.2, -0.15) is 4.31 Å². The zero-order valence-electron chi connectivity index (χ0n) is 22.2. The molecule has 1 aromatic carbocycles. The Kier molecular flexibility index (Phi) is 8.05. The van der Waals surface area contributed by atoms with E-state index in [4.69, 9.17) is 4.52 Å². The normalized spacial score (nSPS) is 20.2. The lowest BCUT2D eigenvalue weighted by atomic mass is 9.92. The number of amides is 1. The Balaban J connectivity index is 1.56. The zero-order chi connectivity index (χ0) is 26.0. The van der Waals surface area contributed by atoms with Crippen molar-refractivity contribution >= 4 is 28.1 Å². The second kappa shape index (κ2) is 10.9. The summed E-state index contributed by atoms with van der Waals surface area (Å²) in [4.78, 5) is 15.3. The molecule has 1 amide bonds. The van der Waals surface area contributed by atoms with Crippen LogP contribution >= 0.6 is 0 Å². The highest BCUT2D eigenvalue weighted by Gasteiger charge is 2.38. The van der Waals surface area contributed by atoms with Crippen molar-refractivity contribution in [3.8, 4) is 0 Å². The Morgan fingerprint density at radius 2 is 1.69 bits per heavy atom. The molecule has 2 heterocycles. The zero-order valence-corrected chi connectivity index (χ0v) is 23.0. The van der Waals surface area contributed by atoms with E-state index in [0.29, 0.717) is 25.1 Å². The summed E-state index contributed by atoms with van der Waals surface area (Å²) >= 11 is 0. The second-order valence-corrected chi connectivity index (χ2v) is 12.4. The third-order valence-corrected chi connectivity index (χ3v) is 9.80. The topological polar surface area (TPSA) is 83.7 Å². The number of rotatable bonds is 6. The lowest BCUT2D eigenvalue weighted by Gasteiger charge is -2.37. The van der Waals surface area contributed by atoms with Crippen LogP contribution in [0.3, 0.4) is 0 Å². The molecule has 1 aromatic heterocycles. The number of aryl methyl sites for hydroxylation is 4. The number of benzene rings is 1. The summed E-state index contributed by atoms with van der Waals surface area (Å²) in [7, 11) is -1.99. The molecule has 1 atom stereocenters. The van der Waals surface area contributed by atoms with Crippen LogP contribution in [-0.2, 0) is 14.8 Å². The van der Waals surface area contributed by atoms with Gasteiger partial charge in [0.2, 0.25) is 15.9 Å². The predicted octanol–water partition coefficient (Wildman–Crippen LogP) is 5.27. The third-order valence-electron chi connectivity index (χ3n) is 7.77. The van der Waals surface area contributed by atoms with E-state index >= 15 is 0 Å². The van der Waals surface area contributed by atoms with Gasteiger partial charge in [0.05, 0.1) is 5.92 Å². The molecule has 1 saturated carbocycles. The van der Waals surface area contributed by atoms with Gasteiger partial charge < -0.3 is 9.42 Å². The minimum Gasteiger partial charge on any atom is -0.355 e. The van der Waals surface area contributed by atoms with Gasteiger partial charge in [0, 0.05) is 26.2 Å². The van der Waals surface area contributed by atoms with Gasteiger partial charge in [-0.25, -0.2) is 8.42 Å². The summed E-state index contributed by atoms with van der Waals surface area (Å²) in [5.41, 5.74) is 4.78. The van der Waals surface area contributed by atoms with Crippen LogP contribution in [-0.4, -0.2) is 54.9 Å². The smallest absolute Gasteiger partial charge is 0.248 e. The highest BCUT2D eigenvalue weighted by atomic mass is 32.2. The molecule has 1 saturated heterocycles. The molecule has 196 valence electrons. The van der Waals surface area contributed by atoms with Gasteiger partial charge in [-0.05, 0) is 76.1 Å². The number of carbonyl (C=O) groups excluding carboxylic acids is 1. The van der Waals surface area contributed by atoms with Crippen molar-refractivity contribution in [2.75, 3.05) is 20.1 Å². The summed E-state index contributed by atoms with van der Waals surface area (Å²) in [6.07, 6.45) is 10.6. The van der Waals surface area contributed by atoms with Gasteiger partial charge in [0.1, 0.15) is 5.69 Å².